The second kappa shape index (κ2) is 10.2. The molecule has 32 heavy (non-hydrogen) atoms. The fourth-order valence-corrected chi connectivity index (χ4v) is 3.60. The third-order valence-corrected chi connectivity index (χ3v) is 5.55. The molecule has 0 radical (unpaired) electrons. The van der Waals surface area contributed by atoms with Gasteiger partial charge in [-0.25, -0.2) is 0 Å². The highest BCUT2D eigenvalue weighted by Crippen LogP contribution is 2.34. The molecule has 0 saturated heterocycles. The molecule has 0 heterocycles. The molecule has 0 aromatic heterocycles. The molecule has 4 aromatic carbocycles. The lowest BCUT2D eigenvalue weighted by atomic mass is 10.1. The number of nitrogens with zero attached hydrogens (tertiary/aromatic N) is 1. The zero-order valence-electron chi connectivity index (χ0n) is 18.4. The standard InChI is InChI=1S/C30H26ClN/c1-23-7-17-28(18-8-23)32(29-19-9-24(2)10-20-29)30-21-13-26(14-22-30)6-4-3-5-25-11-15-27(31)16-12-25/h3-22H,1-2H3. The summed E-state index contributed by atoms with van der Waals surface area (Å²) in [7, 11) is 0. The van der Waals surface area contributed by atoms with Crippen LogP contribution >= 0.6 is 11.6 Å². The highest BCUT2D eigenvalue weighted by atomic mass is 35.5. The highest BCUT2D eigenvalue weighted by Gasteiger charge is 2.11. The molecule has 0 N–H and O–H groups in total. The monoisotopic (exact) mass is 435 g/mol. The Kier molecular flexibility index (Phi) is 6.89. The Morgan fingerprint density at radius 3 is 1.25 bits per heavy atom. The number of rotatable bonds is 6. The molecule has 4 aromatic rings. The highest BCUT2D eigenvalue weighted by molar-refractivity contribution is 6.30. The van der Waals surface area contributed by atoms with E-state index in [-0.39, 0.29) is 0 Å². The van der Waals surface area contributed by atoms with Crippen LogP contribution < -0.4 is 4.90 Å². The fourth-order valence-electron chi connectivity index (χ4n) is 3.48. The minimum absolute atomic E-state index is 0.753. The number of aryl methyl sites for hydroxylation is 2. The van der Waals surface area contributed by atoms with Crippen LogP contribution in [0.5, 0.6) is 0 Å². The zero-order chi connectivity index (χ0) is 22.3. The molecule has 0 fully saturated rings. The predicted octanol–water partition coefficient (Wildman–Crippen LogP) is 9.15. The lowest BCUT2D eigenvalue weighted by molar-refractivity contribution is 1.27. The second-order valence-electron chi connectivity index (χ2n) is 7.87. The van der Waals surface area contributed by atoms with Gasteiger partial charge in [0.2, 0.25) is 0 Å². The van der Waals surface area contributed by atoms with E-state index >= 15 is 0 Å². The summed E-state index contributed by atoms with van der Waals surface area (Å²) < 4.78 is 0. The van der Waals surface area contributed by atoms with Crippen LogP contribution in [0.3, 0.4) is 0 Å². The van der Waals surface area contributed by atoms with Crippen molar-refractivity contribution in [3.05, 3.63) is 136 Å². The van der Waals surface area contributed by atoms with Crippen molar-refractivity contribution in [2.24, 2.45) is 0 Å². The maximum absolute atomic E-state index is 5.94. The summed E-state index contributed by atoms with van der Waals surface area (Å²) in [6.45, 7) is 4.23. The summed E-state index contributed by atoms with van der Waals surface area (Å²) in [5.41, 5.74) is 8.21. The molecule has 2 heteroatoms. The third kappa shape index (κ3) is 5.57. The first kappa shape index (κ1) is 21.7. The second-order valence-corrected chi connectivity index (χ2v) is 8.30. The van der Waals surface area contributed by atoms with E-state index in [0.29, 0.717) is 0 Å². The Morgan fingerprint density at radius 1 is 0.500 bits per heavy atom. The number of anilines is 3. The van der Waals surface area contributed by atoms with Crippen molar-refractivity contribution in [3.8, 4) is 0 Å². The molecule has 0 spiro atoms. The molecule has 0 amide bonds. The predicted molar refractivity (Wildman–Crippen MR) is 140 cm³/mol. The van der Waals surface area contributed by atoms with Gasteiger partial charge >= 0.3 is 0 Å². The van der Waals surface area contributed by atoms with Crippen molar-refractivity contribution in [1.29, 1.82) is 0 Å². The van der Waals surface area contributed by atoms with Crippen LogP contribution in [0.1, 0.15) is 22.3 Å². The lowest BCUT2D eigenvalue weighted by Crippen LogP contribution is -2.09. The topological polar surface area (TPSA) is 3.24 Å². The van der Waals surface area contributed by atoms with E-state index in [9.17, 15) is 0 Å². The molecule has 0 atom stereocenters. The van der Waals surface area contributed by atoms with E-state index in [4.69, 9.17) is 11.6 Å². The summed E-state index contributed by atoms with van der Waals surface area (Å²) in [4.78, 5) is 2.28. The van der Waals surface area contributed by atoms with Crippen LogP contribution in [0.25, 0.3) is 12.2 Å². The fraction of sp³-hybridized carbons (Fsp3) is 0.0667. The minimum Gasteiger partial charge on any atom is -0.311 e. The first-order chi connectivity index (χ1) is 15.6. The molecule has 4 rings (SSSR count). The summed E-state index contributed by atoms with van der Waals surface area (Å²) in [6.07, 6.45) is 8.28. The van der Waals surface area contributed by atoms with Gasteiger partial charge in [-0.2, -0.15) is 0 Å². The zero-order valence-corrected chi connectivity index (χ0v) is 19.1. The van der Waals surface area contributed by atoms with E-state index in [1.54, 1.807) is 0 Å². The Morgan fingerprint density at radius 2 is 0.844 bits per heavy atom. The van der Waals surface area contributed by atoms with E-state index in [2.05, 4.69) is 110 Å². The molecular formula is C30H26ClN. The molecule has 158 valence electrons. The molecule has 1 nitrogen and oxygen atoms in total. The van der Waals surface area contributed by atoms with Gasteiger partial charge in [0.15, 0.2) is 0 Å². The van der Waals surface area contributed by atoms with Gasteiger partial charge in [-0.3, -0.25) is 0 Å². The lowest BCUT2D eigenvalue weighted by Gasteiger charge is -2.25. The molecule has 0 saturated carbocycles. The normalized spacial score (nSPS) is 11.3. The van der Waals surface area contributed by atoms with Crippen LogP contribution in [0.2, 0.25) is 5.02 Å². The summed E-state index contributed by atoms with van der Waals surface area (Å²) in [5, 5.41) is 0.753. The number of benzene rings is 4. The summed E-state index contributed by atoms with van der Waals surface area (Å²) in [6, 6.07) is 33.7. The molecule has 0 aliphatic heterocycles. The van der Waals surface area contributed by atoms with Crippen molar-refractivity contribution < 1.29 is 0 Å². The molecule has 0 unspecified atom stereocenters. The third-order valence-electron chi connectivity index (χ3n) is 5.29. The van der Waals surface area contributed by atoms with Crippen molar-refractivity contribution in [2.75, 3.05) is 4.90 Å². The first-order valence-electron chi connectivity index (χ1n) is 10.7. The van der Waals surface area contributed by atoms with E-state index in [1.807, 2.05) is 30.3 Å². The summed E-state index contributed by atoms with van der Waals surface area (Å²) >= 11 is 5.94. The molecular weight excluding hydrogens is 410 g/mol. The Labute approximate surface area is 195 Å². The van der Waals surface area contributed by atoms with Gasteiger partial charge in [-0.1, -0.05) is 95.6 Å². The van der Waals surface area contributed by atoms with Crippen molar-refractivity contribution in [1.82, 2.24) is 0 Å². The van der Waals surface area contributed by atoms with Crippen LogP contribution in [-0.4, -0.2) is 0 Å². The number of hydrogen-bond donors (Lipinski definition) is 0. The molecule has 0 aliphatic rings. The maximum atomic E-state index is 5.94. The smallest absolute Gasteiger partial charge is 0.0462 e. The van der Waals surface area contributed by atoms with E-state index in [0.717, 1.165) is 33.2 Å². The first-order valence-corrected chi connectivity index (χ1v) is 11.1. The van der Waals surface area contributed by atoms with E-state index in [1.165, 1.54) is 11.1 Å². The Hall–Kier alpha value is -3.55. The van der Waals surface area contributed by atoms with Gasteiger partial charge in [0, 0.05) is 22.1 Å². The van der Waals surface area contributed by atoms with Crippen LogP contribution in [0.4, 0.5) is 17.1 Å². The SMILES string of the molecule is Cc1ccc(N(c2ccc(C)cc2)c2ccc(C=CC=Cc3ccc(Cl)cc3)cc2)cc1. The van der Waals surface area contributed by atoms with Crippen molar-refractivity contribution in [3.63, 3.8) is 0 Å². The van der Waals surface area contributed by atoms with Gasteiger partial charge in [0.25, 0.3) is 0 Å². The largest absolute Gasteiger partial charge is 0.311 e. The Balaban J connectivity index is 1.55. The van der Waals surface area contributed by atoms with Crippen molar-refractivity contribution >= 4 is 40.8 Å². The van der Waals surface area contributed by atoms with Crippen LogP contribution in [-0.2, 0) is 0 Å². The van der Waals surface area contributed by atoms with Gasteiger partial charge < -0.3 is 4.90 Å². The average molecular weight is 436 g/mol. The van der Waals surface area contributed by atoms with Crippen LogP contribution in [0.15, 0.2) is 109 Å². The van der Waals surface area contributed by atoms with E-state index < -0.39 is 0 Å². The maximum Gasteiger partial charge on any atom is 0.0462 e. The minimum atomic E-state index is 0.753. The Bertz CT molecular complexity index is 1150. The van der Waals surface area contributed by atoms with Crippen LogP contribution in [0, 0.1) is 13.8 Å². The number of hydrogen-bond acceptors (Lipinski definition) is 1. The average Bonchev–Trinajstić information content (AvgIpc) is 2.81. The number of allylic oxidation sites excluding steroid dienone is 2. The van der Waals surface area contributed by atoms with Gasteiger partial charge in [0.1, 0.15) is 0 Å². The molecule has 0 bridgehead atoms. The quantitative estimate of drug-likeness (QED) is 0.273. The van der Waals surface area contributed by atoms with Gasteiger partial charge in [-0.05, 0) is 73.5 Å². The number of halogens is 1. The molecule has 0 aliphatic carbocycles. The summed E-state index contributed by atoms with van der Waals surface area (Å²) in [5.74, 6) is 0. The van der Waals surface area contributed by atoms with Crippen molar-refractivity contribution in [2.45, 2.75) is 13.8 Å². The van der Waals surface area contributed by atoms with Gasteiger partial charge in [0.05, 0.1) is 0 Å². The van der Waals surface area contributed by atoms with Gasteiger partial charge in [-0.15, -0.1) is 0 Å².